The van der Waals surface area contributed by atoms with Gasteiger partial charge in [-0.05, 0) is 7.05 Å². The monoisotopic (exact) mass is 224 g/mol. The third-order valence-electron chi connectivity index (χ3n) is 0.398. The van der Waals surface area contributed by atoms with Crippen LogP contribution in [0.4, 0.5) is 0 Å². The van der Waals surface area contributed by atoms with Crippen LogP contribution in [0, 0.1) is 6.58 Å². The van der Waals surface area contributed by atoms with Gasteiger partial charge in [0.2, 0.25) is 0 Å². The van der Waals surface area contributed by atoms with Crippen molar-refractivity contribution in [1.29, 1.82) is 0 Å². The third-order valence-corrected chi connectivity index (χ3v) is 0.398. The van der Waals surface area contributed by atoms with E-state index in [1.54, 1.807) is 0 Å². The smallest absolute Gasteiger partial charge is 0.0840 e. The summed E-state index contributed by atoms with van der Waals surface area (Å²) in [6.45, 7) is 4.75. The van der Waals surface area contributed by atoms with E-state index in [9.17, 15) is 4.79 Å². The molecule has 2 nitrogen and oxygen atoms in total. The molecule has 0 aromatic rings. The maximum Gasteiger partial charge on any atom is 0.0840 e. The number of rotatable bonds is 1. The van der Waals surface area contributed by atoms with Gasteiger partial charge in [-0.25, -0.2) is 0 Å². The number of thiol groups is 1. The average Bonchev–Trinajstić information content (AvgIpc) is 1.65. The molecule has 4 heteroatoms. The van der Waals surface area contributed by atoms with E-state index in [0.717, 1.165) is 6.08 Å². The summed E-state index contributed by atoms with van der Waals surface area (Å²) in [5, 5.41) is 2.30. The second kappa shape index (κ2) is 10.3. The van der Waals surface area contributed by atoms with Crippen LogP contribution in [0.25, 0.3) is 0 Å². The maximum absolute atomic E-state index is 9.89. The van der Waals surface area contributed by atoms with Crippen LogP contribution in [0.2, 0.25) is 0 Å². The fraction of sp³-hybridized carbons (Fsp3) is 0.250. The summed E-state index contributed by atoms with van der Waals surface area (Å²) in [6.07, 6.45) is 0.972. The number of likely N-dealkylation sites (N-methyl/N-ethyl adjacent to an activating group) is 1. The molecule has 0 spiro atoms. The molecule has 0 saturated carbocycles. The van der Waals surface area contributed by atoms with Crippen molar-refractivity contribution in [1.82, 2.24) is 5.32 Å². The second-order valence-corrected chi connectivity index (χ2v) is 0.781. The Labute approximate surface area is 71.7 Å². The van der Waals surface area contributed by atoms with E-state index in [1.165, 1.54) is 7.05 Å². The Bertz CT molecular complexity index is 76.4. The summed E-state index contributed by atoms with van der Waals surface area (Å²) in [6, 6.07) is 0. The van der Waals surface area contributed by atoms with Crippen molar-refractivity contribution in [2.45, 2.75) is 0 Å². The minimum Gasteiger partial charge on any atom is -0.813 e. The summed E-state index contributed by atoms with van der Waals surface area (Å²) >= 11 is 0. The Morgan fingerprint density at radius 1 is 1.75 bits per heavy atom. The molecule has 53 valence electrons. The molecular formula is C4H7AgNOS-2. The standard InChI is InChI=1S/C4H6NO.Ag.H2S/c1-3-4(6)5-2;;/h1,3H,2H3,(H,5,6);;1H2/q-1;;/p-1. The second-order valence-electron chi connectivity index (χ2n) is 0.781. The van der Waals surface area contributed by atoms with Crippen LogP contribution in [0.1, 0.15) is 0 Å². The van der Waals surface area contributed by atoms with Crippen LogP contribution >= 0.6 is 0 Å². The predicted molar refractivity (Wildman–Crippen MR) is 31.7 cm³/mol. The van der Waals surface area contributed by atoms with Gasteiger partial charge in [-0.1, -0.05) is 0 Å². The first-order valence-electron chi connectivity index (χ1n) is 1.58. The van der Waals surface area contributed by atoms with Crippen molar-refractivity contribution >= 4 is 19.4 Å². The van der Waals surface area contributed by atoms with Gasteiger partial charge in [-0.2, -0.15) is 6.08 Å². The summed E-state index contributed by atoms with van der Waals surface area (Å²) in [5.74, 6) is -0.255. The zero-order chi connectivity index (χ0) is 4.99. The number of amides is 1. The van der Waals surface area contributed by atoms with Crippen LogP contribution in [0.15, 0.2) is 6.08 Å². The van der Waals surface area contributed by atoms with Crippen molar-refractivity contribution in [3.63, 3.8) is 0 Å². The molecule has 0 unspecified atom stereocenters. The van der Waals surface area contributed by atoms with E-state index in [-0.39, 0.29) is 41.8 Å². The van der Waals surface area contributed by atoms with E-state index in [0.29, 0.717) is 0 Å². The van der Waals surface area contributed by atoms with Gasteiger partial charge in [0, 0.05) is 22.4 Å². The van der Waals surface area contributed by atoms with Gasteiger partial charge in [0.15, 0.2) is 0 Å². The van der Waals surface area contributed by atoms with Crippen LogP contribution in [-0.4, -0.2) is 13.0 Å². The molecular weight excluding hydrogens is 218 g/mol. The Balaban J connectivity index is -0.000000125. The van der Waals surface area contributed by atoms with Crippen molar-refractivity contribution in [2.75, 3.05) is 7.05 Å². The predicted octanol–water partition coefficient (Wildman–Crippen LogP) is -0.551. The average molecular weight is 225 g/mol. The molecule has 0 aliphatic heterocycles. The number of hydrogen-bond acceptors (Lipinski definition) is 2. The first kappa shape index (κ1) is 15.7. The van der Waals surface area contributed by atoms with Gasteiger partial charge in [-0.15, -0.1) is 0 Å². The SMILES string of the molecule is [Ag].[CH-]=CC(=O)NC.[SH-]. The topological polar surface area (TPSA) is 29.1 Å². The molecule has 0 atom stereocenters. The zero-order valence-electron chi connectivity index (χ0n) is 4.31. The van der Waals surface area contributed by atoms with Crippen molar-refractivity contribution in [3.05, 3.63) is 12.7 Å². The van der Waals surface area contributed by atoms with E-state index in [1.807, 2.05) is 0 Å². The van der Waals surface area contributed by atoms with E-state index in [4.69, 9.17) is 6.58 Å². The van der Waals surface area contributed by atoms with Gasteiger partial charge >= 0.3 is 0 Å². The Hall–Kier alpha value is 0.300. The molecule has 1 N–H and O–H groups in total. The molecule has 1 radical (unpaired) electrons. The van der Waals surface area contributed by atoms with Crippen molar-refractivity contribution < 1.29 is 27.2 Å². The number of hydrogen-bond donors (Lipinski definition) is 1. The number of nitrogens with one attached hydrogen (secondary N) is 1. The molecule has 0 rings (SSSR count). The largest absolute Gasteiger partial charge is 0.813 e. The molecule has 0 aliphatic carbocycles. The fourth-order valence-electron chi connectivity index (χ4n) is 0.0833. The summed E-state index contributed by atoms with van der Waals surface area (Å²) in [4.78, 5) is 9.89. The zero-order valence-corrected chi connectivity index (χ0v) is 6.69. The van der Waals surface area contributed by atoms with Crippen LogP contribution < -0.4 is 5.32 Å². The molecule has 0 aliphatic rings. The molecule has 0 saturated heterocycles. The first-order valence-corrected chi connectivity index (χ1v) is 1.58. The Morgan fingerprint density at radius 2 is 2.12 bits per heavy atom. The van der Waals surface area contributed by atoms with E-state index < -0.39 is 0 Å². The summed E-state index contributed by atoms with van der Waals surface area (Å²) < 4.78 is 0. The first-order chi connectivity index (χ1) is 2.81. The molecule has 0 bridgehead atoms. The Morgan fingerprint density at radius 3 is 2.12 bits per heavy atom. The number of carbonyl (C=O) groups excluding carboxylic acids is 1. The van der Waals surface area contributed by atoms with Gasteiger partial charge in [0.25, 0.3) is 0 Å². The normalized spacial score (nSPS) is 5.12. The van der Waals surface area contributed by atoms with Gasteiger partial charge in [0.1, 0.15) is 0 Å². The molecule has 1 amide bonds. The summed E-state index contributed by atoms with van der Waals surface area (Å²) in [7, 11) is 1.52. The Kier molecular flexibility index (Phi) is 20.3. The quantitative estimate of drug-likeness (QED) is 0.213. The van der Waals surface area contributed by atoms with Crippen LogP contribution in [0.3, 0.4) is 0 Å². The van der Waals surface area contributed by atoms with Crippen LogP contribution in [-0.2, 0) is 40.7 Å². The molecule has 0 fully saturated rings. The third kappa shape index (κ3) is 9.57. The minimum atomic E-state index is -0.255. The van der Waals surface area contributed by atoms with Gasteiger partial charge < -0.3 is 23.6 Å². The van der Waals surface area contributed by atoms with Crippen LogP contribution in [0.5, 0.6) is 0 Å². The summed E-state index contributed by atoms with van der Waals surface area (Å²) in [5.41, 5.74) is 0. The molecule has 0 aromatic heterocycles. The molecule has 0 heterocycles. The van der Waals surface area contributed by atoms with E-state index >= 15 is 0 Å². The van der Waals surface area contributed by atoms with Crippen molar-refractivity contribution in [3.8, 4) is 0 Å². The maximum atomic E-state index is 9.89. The fourth-order valence-corrected chi connectivity index (χ4v) is 0.0833. The molecule has 8 heavy (non-hydrogen) atoms. The van der Waals surface area contributed by atoms with Gasteiger partial charge in [-0.3, -0.25) is 6.58 Å². The van der Waals surface area contributed by atoms with Gasteiger partial charge in [0.05, 0.1) is 5.91 Å². The minimum absolute atomic E-state index is 0. The number of carbonyl (C=O) groups is 1. The molecule has 0 aromatic carbocycles. The van der Waals surface area contributed by atoms with E-state index in [2.05, 4.69) is 5.32 Å². The van der Waals surface area contributed by atoms with Crippen molar-refractivity contribution in [2.24, 2.45) is 0 Å².